The Balaban J connectivity index is 3.87. The van der Waals surface area contributed by atoms with Gasteiger partial charge in [-0.15, -0.1) is 0 Å². The second-order valence-corrected chi connectivity index (χ2v) is 4.92. The molecule has 10 heavy (non-hydrogen) atoms. The first kappa shape index (κ1) is 10.1. The molecule has 0 heterocycles. The van der Waals surface area contributed by atoms with Crippen LogP contribution in [0.4, 0.5) is 0 Å². The van der Waals surface area contributed by atoms with Crippen molar-refractivity contribution in [3.8, 4) is 0 Å². The highest BCUT2D eigenvalue weighted by atomic mass is 28.4. The molecule has 0 saturated carbocycles. The first-order valence-electron chi connectivity index (χ1n) is 3.10. The Bertz CT molecular complexity index is 78.7. The van der Waals surface area contributed by atoms with Crippen LogP contribution in [-0.4, -0.2) is 36.7 Å². The quantitative estimate of drug-likeness (QED) is 0.574. The van der Waals surface area contributed by atoms with Crippen LogP contribution in [0.5, 0.6) is 0 Å². The first-order chi connectivity index (χ1) is 4.74. The Morgan fingerprint density at radius 3 is 1.60 bits per heavy atom. The third-order valence-corrected chi connectivity index (χ3v) is 4.15. The van der Waals surface area contributed by atoms with E-state index in [0.717, 1.165) is 0 Å². The van der Waals surface area contributed by atoms with Gasteiger partial charge in [-0.3, -0.25) is 0 Å². The van der Waals surface area contributed by atoms with Crippen LogP contribution in [0.3, 0.4) is 0 Å². The van der Waals surface area contributed by atoms with E-state index in [2.05, 4.69) is 0 Å². The SMILES string of the molecule is CO[Si](CCN)(OC)OC. The van der Waals surface area contributed by atoms with Crippen molar-refractivity contribution in [2.24, 2.45) is 5.73 Å². The van der Waals surface area contributed by atoms with E-state index in [0.29, 0.717) is 12.6 Å². The van der Waals surface area contributed by atoms with Crippen molar-refractivity contribution in [3.63, 3.8) is 0 Å². The van der Waals surface area contributed by atoms with Gasteiger partial charge in [-0.2, -0.15) is 0 Å². The summed E-state index contributed by atoms with van der Waals surface area (Å²) in [5, 5.41) is 0. The van der Waals surface area contributed by atoms with Gasteiger partial charge in [-0.1, -0.05) is 0 Å². The molecule has 5 heteroatoms. The average molecular weight is 165 g/mol. The van der Waals surface area contributed by atoms with Gasteiger partial charge >= 0.3 is 8.80 Å². The van der Waals surface area contributed by atoms with Crippen LogP contribution in [0.1, 0.15) is 0 Å². The Hall–Kier alpha value is 0.0569. The molecule has 0 unspecified atom stereocenters. The highest BCUT2D eigenvalue weighted by Crippen LogP contribution is 2.10. The van der Waals surface area contributed by atoms with E-state index in [-0.39, 0.29) is 0 Å². The number of nitrogens with two attached hydrogens (primary N) is 1. The molecular formula is C5H15NO3Si. The predicted octanol–water partition coefficient (Wildman–Crippen LogP) is -0.177. The molecule has 0 aliphatic carbocycles. The van der Waals surface area contributed by atoms with E-state index in [1.165, 1.54) is 0 Å². The Labute approximate surface area is 62.6 Å². The average Bonchev–Trinajstić information content (AvgIpc) is 2.01. The molecule has 0 fully saturated rings. The minimum atomic E-state index is -2.34. The van der Waals surface area contributed by atoms with Gasteiger partial charge in [0.15, 0.2) is 0 Å². The topological polar surface area (TPSA) is 53.7 Å². The fraction of sp³-hybridized carbons (Fsp3) is 1.00. The molecule has 2 N–H and O–H groups in total. The van der Waals surface area contributed by atoms with Crippen molar-refractivity contribution in [3.05, 3.63) is 0 Å². The van der Waals surface area contributed by atoms with Crippen LogP contribution in [0.2, 0.25) is 6.04 Å². The van der Waals surface area contributed by atoms with E-state index < -0.39 is 8.80 Å². The first-order valence-corrected chi connectivity index (χ1v) is 5.03. The van der Waals surface area contributed by atoms with Gasteiger partial charge in [-0.05, 0) is 6.54 Å². The summed E-state index contributed by atoms with van der Waals surface area (Å²) >= 11 is 0. The minimum absolute atomic E-state index is 0.530. The summed E-state index contributed by atoms with van der Waals surface area (Å²) in [6.07, 6.45) is 0. The monoisotopic (exact) mass is 165 g/mol. The maximum atomic E-state index is 5.34. The maximum Gasteiger partial charge on any atom is 0.501 e. The van der Waals surface area contributed by atoms with Crippen LogP contribution in [0.25, 0.3) is 0 Å². The lowest BCUT2D eigenvalue weighted by atomic mass is 10.8. The Morgan fingerprint density at radius 2 is 1.50 bits per heavy atom. The van der Waals surface area contributed by atoms with Gasteiger partial charge in [0, 0.05) is 27.4 Å². The summed E-state index contributed by atoms with van der Waals surface area (Å²) in [5.74, 6) is 0. The van der Waals surface area contributed by atoms with Crippen LogP contribution in [0, 0.1) is 0 Å². The van der Waals surface area contributed by atoms with Gasteiger partial charge in [-0.25, -0.2) is 0 Å². The van der Waals surface area contributed by atoms with E-state index >= 15 is 0 Å². The zero-order valence-corrected chi connectivity index (χ0v) is 7.72. The predicted molar refractivity (Wildman–Crippen MR) is 40.6 cm³/mol. The third kappa shape index (κ3) is 2.35. The molecule has 0 rings (SSSR count). The molecule has 0 radical (unpaired) electrons. The lowest BCUT2D eigenvalue weighted by molar-refractivity contribution is 0.124. The summed E-state index contributed by atoms with van der Waals surface area (Å²) < 4.78 is 15.3. The van der Waals surface area contributed by atoms with Crippen LogP contribution in [0.15, 0.2) is 0 Å². The fourth-order valence-electron chi connectivity index (χ4n) is 0.733. The van der Waals surface area contributed by atoms with E-state index in [4.69, 9.17) is 19.0 Å². The number of rotatable bonds is 5. The van der Waals surface area contributed by atoms with Gasteiger partial charge < -0.3 is 19.0 Å². The largest absolute Gasteiger partial charge is 0.501 e. The summed E-state index contributed by atoms with van der Waals surface area (Å²) in [7, 11) is 2.39. The second-order valence-electron chi connectivity index (χ2n) is 1.83. The number of hydrogen-bond acceptors (Lipinski definition) is 4. The fourth-order valence-corrected chi connectivity index (χ4v) is 2.20. The smallest absolute Gasteiger partial charge is 0.377 e. The van der Waals surface area contributed by atoms with Crippen molar-refractivity contribution >= 4 is 8.80 Å². The van der Waals surface area contributed by atoms with E-state index in [1.54, 1.807) is 21.3 Å². The zero-order chi connectivity index (χ0) is 8.04. The molecule has 0 bridgehead atoms. The highest BCUT2D eigenvalue weighted by molar-refractivity contribution is 6.60. The molecule has 0 atom stereocenters. The molecular weight excluding hydrogens is 150 g/mol. The van der Waals surface area contributed by atoms with Gasteiger partial charge in [0.2, 0.25) is 0 Å². The van der Waals surface area contributed by atoms with Crippen LogP contribution < -0.4 is 5.73 Å². The molecule has 0 aliphatic heterocycles. The molecule has 0 aromatic heterocycles. The van der Waals surface area contributed by atoms with Crippen LogP contribution >= 0.6 is 0 Å². The van der Waals surface area contributed by atoms with Crippen molar-refractivity contribution in [2.45, 2.75) is 6.04 Å². The minimum Gasteiger partial charge on any atom is -0.377 e. The Morgan fingerprint density at radius 1 is 1.10 bits per heavy atom. The summed E-state index contributed by atoms with van der Waals surface area (Å²) in [6.45, 7) is 0.530. The van der Waals surface area contributed by atoms with Crippen molar-refractivity contribution in [1.82, 2.24) is 0 Å². The lowest BCUT2D eigenvalue weighted by Crippen LogP contribution is -2.44. The summed E-state index contributed by atoms with van der Waals surface area (Å²) in [4.78, 5) is 0. The molecule has 0 aromatic rings. The summed E-state index contributed by atoms with van der Waals surface area (Å²) in [6, 6.07) is 0.663. The normalized spacial score (nSPS) is 12.0. The Kier molecular flexibility index (Phi) is 4.84. The zero-order valence-electron chi connectivity index (χ0n) is 6.72. The lowest BCUT2D eigenvalue weighted by Gasteiger charge is -2.23. The van der Waals surface area contributed by atoms with Crippen LogP contribution in [-0.2, 0) is 13.3 Å². The molecule has 0 amide bonds. The summed E-state index contributed by atoms with van der Waals surface area (Å²) in [5.41, 5.74) is 5.34. The van der Waals surface area contributed by atoms with Gasteiger partial charge in [0.05, 0.1) is 0 Å². The van der Waals surface area contributed by atoms with Gasteiger partial charge in [0.1, 0.15) is 0 Å². The molecule has 4 nitrogen and oxygen atoms in total. The second kappa shape index (κ2) is 4.81. The molecule has 62 valence electrons. The maximum absolute atomic E-state index is 5.34. The molecule has 0 aliphatic rings. The third-order valence-electron chi connectivity index (χ3n) is 1.38. The standard InChI is InChI=1S/C5H15NO3Si/c1-7-10(8-2,9-3)5-4-6/h4-6H2,1-3H3. The molecule has 0 aromatic carbocycles. The highest BCUT2D eigenvalue weighted by Gasteiger charge is 2.36. The van der Waals surface area contributed by atoms with E-state index in [9.17, 15) is 0 Å². The van der Waals surface area contributed by atoms with Crippen molar-refractivity contribution in [2.75, 3.05) is 27.9 Å². The van der Waals surface area contributed by atoms with Crippen molar-refractivity contribution in [1.29, 1.82) is 0 Å². The molecule has 0 spiro atoms. The van der Waals surface area contributed by atoms with Gasteiger partial charge in [0.25, 0.3) is 0 Å². The van der Waals surface area contributed by atoms with E-state index in [1.807, 2.05) is 0 Å². The van der Waals surface area contributed by atoms with Crippen molar-refractivity contribution < 1.29 is 13.3 Å². The number of hydrogen-bond donors (Lipinski definition) is 1. The molecule has 0 saturated heterocycles.